The number of aromatic nitrogens is 1. The number of pyridine rings is 1. The van der Waals surface area contributed by atoms with E-state index in [0.717, 1.165) is 36.5 Å². The Hall–Kier alpha value is -2.64. The first-order valence-corrected chi connectivity index (χ1v) is 5.52. The van der Waals surface area contributed by atoms with Gasteiger partial charge >= 0.3 is 12.1 Å². The Morgan fingerprint density at radius 3 is 2.29 bits per heavy atom. The van der Waals surface area contributed by atoms with Crippen LogP contribution in [0.4, 0.5) is 17.6 Å². The van der Waals surface area contributed by atoms with Crippen LogP contribution in [0.1, 0.15) is 15.9 Å². The number of hydrogen-bond acceptors (Lipinski definition) is 3. The van der Waals surface area contributed by atoms with E-state index in [2.05, 4.69) is 4.98 Å². The highest BCUT2D eigenvalue weighted by molar-refractivity contribution is 5.88. The molecule has 0 fully saturated rings. The molecule has 0 saturated heterocycles. The summed E-state index contributed by atoms with van der Waals surface area (Å²) in [5, 5.41) is 8.73. The van der Waals surface area contributed by atoms with Crippen LogP contribution in [0.25, 0.3) is 0 Å². The molecule has 0 unspecified atom stereocenters. The minimum atomic E-state index is -4.49. The normalized spacial score (nSPS) is 11.2. The van der Waals surface area contributed by atoms with Crippen LogP contribution in [0.3, 0.4) is 0 Å². The van der Waals surface area contributed by atoms with Gasteiger partial charge in [0, 0.05) is 6.20 Å². The van der Waals surface area contributed by atoms with Crippen molar-refractivity contribution in [2.24, 2.45) is 0 Å². The van der Waals surface area contributed by atoms with Gasteiger partial charge in [-0.2, -0.15) is 13.2 Å². The predicted octanol–water partition coefficient (Wildman–Crippen LogP) is 3.73. The number of carboxylic acid groups (broad SMARTS) is 1. The van der Waals surface area contributed by atoms with E-state index >= 15 is 0 Å². The van der Waals surface area contributed by atoms with E-state index in [1.165, 1.54) is 0 Å². The third-order valence-electron chi connectivity index (χ3n) is 2.48. The first-order chi connectivity index (χ1) is 9.79. The second kappa shape index (κ2) is 5.39. The molecule has 0 bridgehead atoms. The molecule has 0 spiro atoms. The van der Waals surface area contributed by atoms with E-state index in [0.29, 0.717) is 0 Å². The molecule has 0 radical (unpaired) electrons. The third kappa shape index (κ3) is 3.28. The van der Waals surface area contributed by atoms with Crippen molar-refractivity contribution in [1.82, 2.24) is 4.98 Å². The van der Waals surface area contributed by atoms with Gasteiger partial charge in [-0.25, -0.2) is 14.2 Å². The van der Waals surface area contributed by atoms with Crippen molar-refractivity contribution in [3.05, 3.63) is 53.5 Å². The van der Waals surface area contributed by atoms with Crippen molar-refractivity contribution in [3.8, 4) is 11.6 Å². The number of hydrogen-bond donors (Lipinski definition) is 1. The first kappa shape index (κ1) is 14.8. The van der Waals surface area contributed by atoms with Crippen LogP contribution >= 0.6 is 0 Å². The Labute approximate surface area is 115 Å². The van der Waals surface area contributed by atoms with Crippen molar-refractivity contribution in [1.29, 1.82) is 0 Å². The summed E-state index contributed by atoms with van der Waals surface area (Å²) >= 11 is 0. The van der Waals surface area contributed by atoms with Crippen molar-refractivity contribution in [2.45, 2.75) is 6.18 Å². The fraction of sp³-hybridized carbons (Fsp3) is 0.0769. The zero-order valence-electron chi connectivity index (χ0n) is 10.2. The third-order valence-corrected chi connectivity index (χ3v) is 2.48. The summed E-state index contributed by atoms with van der Waals surface area (Å²) in [6.45, 7) is 0. The van der Waals surface area contributed by atoms with Gasteiger partial charge in [0.25, 0.3) is 5.88 Å². The van der Waals surface area contributed by atoms with Crippen LogP contribution in [-0.4, -0.2) is 16.1 Å². The highest BCUT2D eigenvalue weighted by Crippen LogP contribution is 2.31. The maximum atomic E-state index is 13.7. The van der Waals surface area contributed by atoms with Gasteiger partial charge in [0.1, 0.15) is 11.3 Å². The Kier molecular flexibility index (Phi) is 3.79. The van der Waals surface area contributed by atoms with Crippen LogP contribution in [0.15, 0.2) is 36.5 Å². The lowest BCUT2D eigenvalue weighted by Gasteiger charge is -2.09. The summed E-state index contributed by atoms with van der Waals surface area (Å²) in [6, 6.07) is 4.43. The van der Waals surface area contributed by atoms with Gasteiger partial charge in [0.2, 0.25) is 0 Å². The lowest BCUT2D eigenvalue weighted by molar-refractivity contribution is -0.137. The largest absolute Gasteiger partial charge is 0.478 e. The zero-order valence-corrected chi connectivity index (χ0v) is 10.2. The smallest absolute Gasteiger partial charge is 0.416 e. The summed E-state index contributed by atoms with van der Waals surface area (Å²) in [7, 11) is 0. The molecular formula is C13H7F4NO3. The number of ether oxygens (including phenoxy) is 1. The maximum Gasteiger partial charge on any atom is 0.416 e. The van der Waals surface area contributed by atoms with Gasteiger partial charge in [-0.15, -0.1) is 0 Å². The Bertz CT molecular complexity index is 668. The van der Waals surface area contributed by atoms with Crippen LogP contribution in [0.5, 0.6) is 11.6 Å². The van der Waals surface area contributed by atoms with Crippen LogP contribution in [0.2, 0.25) is 0 Å². The number of halogens is 4. The highest BCUT2D eigenvalue weighted by Gasteiger charge is 2.30. The second-order valence-corrected chi connectivity index (χ2v) is 3.91. The van der Waals surface area contributed by atoms with Crippen LogP contribution in [0, 0.1) is 5.82 Å². The molecule has 0 atom stereocenters. The summed E-state index contributed by atoms with van der Waals surface area (Å²) in [6.07, 6.45) is -3.47. The number of carbonyl (C=O) groups is 1. The molecule has 0 amide bonds. The monoisotopic (exact) mass is 301 g/mol. The molecule has 1 N–H and O–H groups in total. The van der Waals surface area contributed by atoms with E-state index in [-0.39, 0.29) is 5.75 Å². The molecule has 21 heavy (non-hydrogen) atoms. The predicted molar refractivity (Wildman–Crippen MR) is 62.7 cm³/mol. The van der Waals surface area contributed by atoms with Crippen molar-refractivity contribution in [2.75, 3.05) is 0 Å². The summed E-state index contributed by atoms with van der Waals surface area (Å²) in [4.78, 5) is 14.2. The molecule has 2 rings (SSSR count). The minimum Gasteiger partial charge on any atom is -0.478 e. The summed E-state index contributed by atoms with van der Waals surface area (Å²) in [5.41, 5.74) is -1.53. The van der Waals surface area contributed by atoms with E-state index < -0.39 is 35.0 Å². The van der Waals surface area contributed by atoms with Gasteiger partial charge in [-0.3, -0.25) is 0 Å². The average molecular weight is 301 g/mol. The molecule has 4 nitrogen and oxygen atoms in total. The van der Waals surface area contributed by atoms with Crippen LogP contribution in [-0.2, 0) is 6.18 Å². The number of rotatable bonds is 3. The number of alkyl halides is 3. The molecule has 0 saturated carbocycles. The van der Waals surface area contributed by atoms with Gasteiger partial charge in [0.15, 0.2) is 5.82 Å². The Morgan fingerprint density at radius 1 is 1.14 bits per heavy atom. The van der Waals surface area contributed by atoms with Crippen molar-refractivity contribution >= 4 is 5.97 Å². The molecule has 0 aliphatic heterocycles. The van der Waals surface area contributed by atoms with Gasteiger partial charge in [-0.05, 0) is 30.3 Å². The number of aromatic carboxylic acids is 1. The van der Waals surface area contributed by atoms with Gasteiger partial charge in [-0.1, -0.05) is 0 Å². The SMILES string of the molecule is O=C(O)c1ccnc(Oc2ccc(C(F)(F)F)cc2)c1F. The summed E-state index contributed by atoms with van der Waals surface area (Å²) in [5.74, 6) is -3.44. The van der Waals surface area contributed by atoms with Crippen molar-refractivity contribution in [3.63, 3.8) is 0 Å². The molecule has 0 aliphatic rings. The lowest BCUT2D eigenvalue weighted by atomic mass is 10.2. The topological polar surface area (TPSA) is 59.4 Å². The molecular weight excluding hydrogens is 294 g/mol. The van der Waals surface area contributed by atoms with Crippen LogP contribution < -0.4 is 4.74 Å². The molecule has 1 aromatic heterocycles. The number of benzene rings is 1. The fourth-order valence-corrected chi connectivity index (χ4v) is 1.48. The number of carboxylic acids is 1. The second-order valence-electron chi connectivity index (χ2n) is 3.91. The Morgan fingerprint density at radius 2 is 1.76 bits per heavy atom. The average Bonchev–Trinajstić information content (AvgIpc) is 2.40. The molecule has 2 aromatic rings. The first-order valence-electron chi connectivity index (χ1n) is 5.52. The molecule has 1 aromatic carbocycles. The Balaban J connectivity index is 2.27. The van der Waals surface area contributed by atoms with E-state index in [4.69, 9.17) is 9.84 Å². The maximum absolute atomic E-state index is 13.7. The summed E-state index contributed by atoms with van der Waals surface area (Å²) < 4.78 is 55.8. The quantitative estimate of drug-likeness (QED) is 0.878. The van der Waals surface area contributed by atoms with E-state index in [9.17, 15) is 22.4 Å². The van der Waals surface area contributed by atoms with Gasteiger partial charge < -0.3 is 9.84 Å². The molecule has 8 heteroatoms. The lowest BCUT2D eigenvalue weighted by Crippen LogP contribution is -2.05. The standard InChI is InChI=1S/C13H7F4NO3/c14-10-9(12(19)20)5-6-18-11(10)21-8-3-1-7(2-4-8)13(15,16)17/h1-6H,(H,19,20). The molecule has 1 heterocycles. The fourth-order valence-electron chi connectivity index (χ4n) is 1.48. The van der Waals surface area contributed by atoms with Gasteiger partial charge in [0.05, 0.1) is 5.56 Å². The minimum absolute atomic E-state index is 0.100. The zero-order chi connectivity index (χ0) is 15.6. The number of nitrogens with zero attached hydrogens (tertiary/aromatic N) is 1. The highest BCUT2D eigenvalue weighted by atomic mass is 19.4. The van der Waals surface area contributed by atoms with E-state index in [1.807, 2.05) is 0 Å². The van der Waals surface area contributed by atoms with E-state index in [1.54, 1.807) is 0 Å². The van der Waals surface area contributed by atoms with Crippen molar-refractivity contribution < 1.29 is 32.2 Å². The molecule has 0 aliphatic carbocycles. The molecule has 110 valence electrons.